The van der Waals surface area contributed by atoms with Crippen molar-refractivity contribution in [3.63, 3.8) is 0 Å². The Morgan fingerprint density at radius 3 is 2.43 bits per heavy atom. The number of guanidine groups is 1. The fourth-order valence-electron chi connectivity index (χ4n) is 2.66. The van der Waals surface area contributed by atoms with Gasteiger partial charge >= 0.3 is 0 Å². The fourth-order valence-corrected chi connectivity index (χ4v) is 2.66. The normalized spacial score (nSPS) is 13.5. The van der Waals surface area contributed by atoms with E-state index in [1.54, 1.807) is 0 Å². The predicted molar refractivity (Wildman–Crippen MR) is 98.8 cm³/mol. The second-order valence-corrected chi connectivity index (χ2v) is 6.84. The molecule has 1 unspecified atom stereocenters. The van der Waals surface area contributed by atoms with Crippen LogP contribution in [0.15, 0.2) is 4.99 Å². The molecule has 0 saturated heterocycles. The standard InChI is InChI=1S/C18H35N5/c1-8-19-18(21-14(4)11-9-10-13(2)3)20-12-17-15(5)22-23(7)16(17)6/h13-14H,8-12H2,1-7H3,(H2,19,20,21). The van der Waals surface area contributed by atoms with Crippen molar-refractivity contribution in [2.45, 2.75) is 73.4 Å². The lowest BCUT2D eigenvalue weighted by Crippen LogP contribution is -2.42. The number of nitrogens with zero attached hydrogens (tertiary/aromatic N) is 3. The minimum absolute atomic E-state index is 0.433. The lowest BCUT2D eigenvalue weighted by atomic mass is 10.0. The Balaban J connectivity index is 2.62. The molecule has 0 radical (unpaired) electrons. The van der Waals surface area contributed by atoms with Crippen LogP contribution in [0.25, 0.3) is 0 Å². The summed E-state index contributed by atoms with van der Waals surface area (Å²) >= 11 is 0. The molecule has 1 heterocycles. The van der Waals surface area contributed by atoms with Gasteiger partial charge in [-0.15, -0.1) is 0 Å². The van der Waals surface area contributed by atoms with Crippen molar-refractivity contribution >= 4 is 5.96 Å². The van der Waals surface area contributed by atoms with Gasteiger partial charge in [-0.3, -0.25) is 4.68 Å². The van der Waals surface area contributed by atoms with Crippen LogP contribution in [-0.4, -0.2) is 28.3 Å². The summed E-state index contributed by atoms with van der Waals surface area (Å²) in [5.74, 6) is 1.67. The van der Waals surface area contributed by atoms with E-state index >= 15 is 0 Å². The second kappa shape index (κ2) is 9.58. The Labute approximate surface area is 142 Å². The summed E-state index contributed by atoms with van der Waals surface area (Å²) in [5.41, 5.74) is 3.47. The second-order valence-electron chi connectivity index (χ2n) is 6.84. The zero-order valence-electron chi connectivity index (χ0n) is 16.0. The lowest BCUT2D eigenvalue weighted by molar-refractivity contribution is 0.491. The molecule has 0 aliphatic heterocycles. The van der Waals surface area contributed by atoms with Gasteiger partial charge in [0.1, 0.15) is 0 Å². The molecule has 1 aromatic heterocycles. The summed E-state index contributed by atoms with van der Waals surface area (Å²) in [6.07, 6.45) is 3.72. The van der Waals surface area contributed by atoms with E-state index in [4.69, 9.17) is 4.99 Å². The molecule has 0 amide bonds. The van der Waals surface area contributed by atoms with Crippen LogP contribution in [-0.2, 0) is 13.6 Å². The molecule has 132 valence electrons. The first-order valence-electron chi connectivity index (χ1n) is 8.89. The van der Waals surface area contributed by atoms with E-state index in [1.807, 2.05) is 18.7 Å². The molecule has 0 bridgehead atoms. The average Bonchev–Trinajstić information content (AvgIpc) is 2.69. The smallest absolute Gasteiger partial charge is 0.191 e. The predicted octanol–water partition coefficient (Wildman–Crippen LogP) is 3.31. The van der Waals surface area contributed by atoms with Crippen molar-refractivity contribution in [2.75, 3.05) is 6.54 Å². The maximum atomic E-state index is 4.74. The first-order valence-corrected chi connectivity index (χ1v) is 8.89. The highest BCUT2D eigenvalue weighted by Crippen LogP contribution is 2.13. The van der Waals surface area contributed by atoms with Gasteiger partial charge in [-0.1, -0.05) is 26.7 Å². The van der Waals surface area contributed by atoms with Crippen LogP contribution in [0.4, 0.5) is 0 Å². The topological polar surface area (TPSA) is 54.2 Å². The molecule has 1 rings (SSSR count). The van der Waals surface area contributed by atoms with Crippen molar-refractivity contribution in [1.82, 2.24) is 20.4 Å². The maximum Gasteiger partial charge on any atom is 0.191 e. The number of hydrogen-bond acceptors (Lipinski definition) is 2. The highest BCUT2D eigenvalue weighted by atomic mass is 15.3. The van der Waals surface area contributed by atoms with E-state index in [-0.39, 0.29) is 0 Å². The molecule has 1 atom stereocenters. The molecule has 0 fully saturated rings. The van der Waals surface area contributed by atoms with Gasteiger partial charge in [0.2, 0.25) is 0 Å². The average molecular weight is 322 g/mol. The van der Waals surface area contributed by atoms with E-state index in [0.717, 1.165) is 24.1 Å². The Morgan fingerprint density at radius 1 is 1.22 bits per heavy atom. The minimum atomic E-state index is 0.433. The summed E-state index contributed by atoms with van der Waals surface area (Å²) in [5, 5.41) is 11.3. The molecule has 23 heavy (non-hydrogen) atoms. The fraction of sp³-hybridized carbons (Fsp3) is 0.778. The first-order chi connectivity index (χ1) is 10.8. The maximum absolute atomic E-state index is 4.74. The molecule has 0 saturated carbocycles. The molecular weight excluding hydrogens is 286 g/mol. The van der Waals surface area contributed by atoms with Gasteiger partial charge in [0.15, 0.2) is 5.96 Å². The largest absolute Gasteiger partial charge is 0.357 e. The quantitative estimate of drug-likeness (QED) is 0.570. The highest BCUT2D eigenvalue weighted by Gasteiger charge is 2.10. The van der Waals surface area contributed by atoms with Crippen LogP contribution in [0.5, 0.6) is 0 Å². The van der Waals surface area contributed by atoms with Gasteiger partial charge in [0, 0.05) is 30.9 Å². The minimum Gasteiger partial charge on any atom is -0.357 e. The summed E-state index contributed by atoms with van der Waals surface area (Å²) < 4.78 is 1.93. The molecule has 2 N–H and O–H groups in total. The van der Waals surface area contributed by atoms with Gasteiger partial charge in [0.05, 0.1) is 12.2 Å². The van der Waals surface area contributed by atoms with Crippen molar-refractivity contribution in [2.24, 2.45) is 18.0 Å². The van der Waals surface area contributed by atoms with Crippen LogP contribution in [0, 0.1) is 19.8 Å². The highest BCUT2D eigenvalue weighted by molar-refractivity contribution is 5.80. The van der Waals surface area contributed by atoms with Crippen molar-refractivity contribution < 1.29 is 0 Å². The summed E-state index contributed by atoms with van der Waals surface area (Å²) in [6.45, 7) is 14.6. The molecule has 0 aromatic carbocycles. The third-order valence-electron chi connectivity index (χ3n) is 4.20. The summed E-state index contributed by atoms with van der Waals surface area (Å²) in [4.78, 5) is 4.74. The molecule has 0 aliphatic carbocycles. The van der Waals surface area contributed by atoms with Crippen LogP contribution in [0.3, 0.4) is 0 Å². The molecular formula is C18H35N5. The number of rotatable bonds is 8. The number of hydrogen-bond donors (Lipinski definition) is 2. The number of aromatic nitrogens is 2. The lowest BCUT2D eigenvalue weighted by Gasteiger charge is -2.18. The Hall–Kier alpha value is -1.52. The Bertz CT molecular complexity index is 502. The van der Waals surface area contributed by atoms with E-state index in [9.17, 15) is 0 Å². The third kappa shape index (κ3) is 6.63. The van der Waals surface area contributed by atoms with E-state index in [1.165, 1.54) is 30.5 Å². The third-order valence-corrected chi connectivity index (χ3v) is 4.20. The number of aryl methyl sites for hydroxylation is 2. The van der Waals surface area contributed by atoms with E-state index in [0.29, 0.717) is 12.6 Å². The molecule has 5 nitrogen and oxygen atoms in total. The van der Waals surface area contributed by atoms with Crippen LogP contribution in [0.1, 0.15) is 63.9 Å². The van der Waals surface area contributed by atoms with Gasteiger partial charge in [-0.05, 0) is 40.0 Å². The zero-order valence-corrected chi connectivity index (χ0v) is 16.0. The molecule has 5 heteroatoms. The molecule has 0 aliphatic rings. The number of nitrogens with one attached hydrogen (secondary N) is 2. The summed E-state index contributed by atoms with van der Waals surface area (Å²) in [6, 6.07) is 0.433. The summed E-state index contributed by atoms with van der Waals surface area (Å²) in [7, 11) is 1.98. The monoisotopic (exact) mass is 321 g/mol. The zero-order chi connectivity index (χ0) is 17.4. The van der Waals surface area contributed by atoms with Gasteiger partial charge in [-0.2, -0.15) is 5.10 Å². The van der Waals surface area contributed by atoms with Crippen molar-refractivity contribution in [3.8, 4) is 0 Å². The first kappa shape index (κ1) is 19.5. The van der Waals surface area contributed by atoms with E-state index < -0.39 is 0 Å². The Morgan fingerprint density at radius 2 is 1.91 bits per heavy atom. The van der Waals surface area contributed by atoms with Crippen LogP contribution in [0.2, 0.25) is 0 Å². The van der Waals surface area contributed by atoms with Crippen molar-refractivity contribution in [3.05, 3.63) is 17.0 Å². The van der Waals surface area contributed by atoms with Crippen molar-refractivity contribution in [1.29, 1.82) is 0 Å². The van der Waals surface area contributed by atoms with Gasteiger partial charge < -0.3 is 10.6 Å². The van der Waals surface area contributed by atoms with Crippen LogP contribution >= 0.6 is 0 Å². The number of aliphatic imine (C=N–C) groups is 1. The van der Waals surface area contributed by atoms with Gasteiger partial charge in [0.25, 0.3) is 0 Å². The van der Waals surface area contributed by atoms with E-state index in [2.05, 4.69) is 50.4 Å². The molecule has 1 aromatic rings. The van der Waals surface area contributed by atoms with Gasteiger partial charge in [-0.25, -0.2) is 4.99 Å². The van der Waals surface area contributed by atoms with Crippen LogP contribution < -0.4 is 10.6 Å². The Kier molecular flexibility index (Phi) is 8.13. The SMILES string of the molecule is CCNC(=NCc1c(C)nn(C)c1C)NC(C)CCCC(C)C. The molecule has 0 spiro atoms.